The van der Waals surface area contributed by atoms with E-state index in [0.717, 1.165) is 41.4 Å². The normalized spacial score (nSPS) is 16.8. The Balaban J connectivity index is 1.51. The third-order valence-corrected chi connectivity index (χ3v) is 6.06. The summed E-state index contributed by atoms with van der Waals surface area (Å²) < 4.78 is 18.6. The molecule has 0 bridgehead atoms. The van der Waals surface area contributed by atoms with Crippen molar-refractivity contribution < 1.29 is 13.9 Å². The molecule has 0 spiro atoms. The summed E-state index contributed by atoms with van der Waals surface area (Å²) in [6.45, 7) is 1.35. The Morgan fingerprint density at radius 2 is 2.00 bits per heavy atom. The number of nitrogens with zero attached hydrogens (tertiary/aromatic N) is 2. The van der Waals surface area contributed by atoms with E-state index in [1.54, 1.807) is 30.6 Å². The van der Waals surface area contributed by atoms with Crippen LogP contribution in [-0.4, -0.2) is 36.0 Å². The van der Waals surface area contributed by atoms with Crippen LogP contribution >= 0.6 is 11.3 Å². The minimum absolute atomic E-state index is 0.0498. The number of para-hydroxylation sites is 1. The van der Waals surface area contributed by atoms with Gasteiger partial charge in [0.1, 0.15) is 11.6 Å². The number of thiazole rings is 1. The molecule has 2 heterocycles. The van der Waals surface area contributed by atoms with Crippen LogP contribution in [0.2, 0.25) is 0 Å². The van der Waals surface area contributed by atoms with Crippen molar-refractivity contribution in [1.82, 2.24) is 9.88 Å². The first-order valence-corrected chi connectivity index (χ1v) is 10.2. The second-order valence-corrected chi connectivity index (χ2v) is 7.76. The van der Waals surface area contributed by atoms with Crippen molar-refractivity contribution in [1.29, 1.82) is 0 Å². The molecule has 6 heteroatoms. The summed E-state index contributed by atoms with van der Waals surface area (Å²) in [5, 5.41) is 3.09. The van der Waals surface area contributed by atoms with Crippen LogP contribution in [0.3, 0.4) is 0 Å². The first-order chi connectivity index (χ1) is 13.7. The standard InChI is InChI=1S/C22H21FN2O2S/c1-27-20-7-3-2-6-18(20)19-14-28-21(24-19)16-5-4-12-25(13-16)22(26)15-8-10-17(23)11-9-15/h2-3,6-11,14,16H,4-5,12-13H2,1H3/t16-/m1/s1. The highest BCUT2D eigenvalue weighted by Gasteiger charge is 2.27. The largest absolute Gasteiger partial charge is 0.496 e. The Hall–Kier alpha value is -2.73. The van der Waals surface area contributed by atoms with Gasteiger partial charge >= 0.3 is 0 Å². The summed E-state index contributed by atoms with van der Waals surface area (Å²) in [6.07, 6.45) is 1.94. The van der Waals surface area contributed by atoms with Gasteiger partial charge in [-0.25, -0.2) is 9.37 Å². The molecule has 1 atom stereocenters. The summed E-state index contributed by atoms with van der Waals surface area (Å²) in [7, 11) is 1.66. The number of rotatable bonds is 4. The number of ether oxygens (including phenoxy) is 1. The number of methoxy groups -OCH3 is 1. The van der Waals surface area contributed by atoms with Crippen LogP contribution in [0.5, 0.6) is 5.75 Å². The topological polar surface area (TPSA) is 42.4 Å². The molecule has 0 N–H and O–H groups in total. The summed E-state index contributed by atoms with van der Waals surface area (Å²) in [5.41, 5.74) is 2.40. The Kier molecular flexibility index (Phi) is 5.39. The predicted molar refractivity (Wildman–Crippen MR) is 108 cm³/mol. The van der Waals surface area contributed by atoms with Crippen LogP contribution < -0.4 is 4.74 Å². The maximum atomic E-state index is 13.1. The maximum absolute atomic E-state index is 13.1. The summed E-state index contributed by atoms with van der Waals surface area (Å²) in [6, 6.07) is 13.6. The second kappa shape index (κ2) is 8.10. The lowest BCUT2D eigenvalue weighted by Gasteiger charge is -2.32. The molecule has 2 aromatic carbocycles. The highest BCUT2D eigenvalue weighted by molar-refractivity contribution is 7.10. The average Bonchev–Trinajstić information content (AvgIpc) is 3.24. The first kappa shape index (κ1) is 18.6. The van der Waals surface area contributed by atoms with Gasteiger partial charge in [-0.15, -0.1) is 11.3 Å². The Labute approximate surface area is 167 Å². The van der Waals surface area contributed by atoms with E-state index in [0.29, 0.717) is 12.1 Å². The van der Waals surface area contributed by atoms with Crippen LogP contribution in [0.1, 0.15) is 34.1 Å². The molecule has 0 saturated carbocycles. The lowest BCUT2D eigenvalue weighted by atomic mass is 9.98. The van der Waals surface area contributed by atoms with Crippen molar-refractivity contribution in [3.63, 3.8) is 0 Å². The highest BCUT2D eigenvalue weighted by atomic mass is 32.1. The molecule has 1 saturated heterocycles. The highest BCUT2D eigenvalue weighted by Crippen LogP contribution is 2.35. The Morgan fingerprint density at radius 1 is 1.21 bits per heavy atom. The van der Waals surface area contributed by atoms with Crippen molar-refractivity contribution in [3.8, 4) is 17.0 Å². The van der Waals surface area contributed by atoms with E-state index in [-0.39, 0.29) is 17.6 Å². The number of aromatic nitrogens is 1. The molecule has 28 heavy (non-hydrogen) atoms. The van der Waals surface area contributed by atoms with Gasteiger partial charge in [0.15, 0.2) is 0 Å². The third-order valence-electron chi connectivity index (χ3n) is 5.05. The van der Waals surface area contributed by atoms with E-state index in [9.17, 15) is 9.18 Å². The molecule has 1 aliphatic heterocycles. The minimum Gasteiger partial charge on any atom is -0.496 e. The number of carbonyl (C=O) groups excluding carboxylic acids is 1. The number of hydrogen-bond donors (Lipinski definition) is 0. The van der Waals surface area contributed by atoms with Crippen LogP contribution in [0, 0.1) is 5.82 Å². The van der Waals surface area contributed by atoms with Gasteiger partial charge in [-0.05, 0) is 49.2 Å². The molecule has 0 unspecified atom stereocenters. The van der Waals surface area contributed by atoms with Crippen molar-refractivity contribution in [2.75, 3.05) is 20.2 Å². The number of likely N-dealkylation sites (tertiary alicyclic amines) is 1. The van der Waals surface area contributed by atoms with Crippen LogP contribution in [-0.2, 0) is 0 Å². The van der Waals surface area contributed by atoms with Gasteiger partial charge in [0.05, 0.1) is 17.8 Å². The van der Waals surface area contributed by atoms with E-state index >= 15 is 0 Å². The quantitative estimate of drug-likeness (QED) is 0.625. The Bertz CT molecular complexity index is 971. The van der Waals surface area contributed by atoms with E-state index < -0.39 is 0 Å². The molecule has 1 fully saturated rings. The van der Waals surface area contributed by atoms with E-state index in [4.69, 9.17) is 9.72 Å². The zero-order valence-electron chi connectivity index (χ0n) is 15.6. The third kappa shape index (κ3) is 3.78. The molecule has 4 rings (SSSR count). The molecule has 4 nitrogen and oxygen atoms in total. The lowest BCUT2D eigenvalue weighted by Crippen LogP contribution is -2.39. The zero-order valence-corrected chi connectivity index (χ0v) is 16.4. The molecule has 1 amide bonds. The number of hydrogen-bond acceptors (Lipinski definition) is 4. The van der Waals surface area contributed by atoms with Gasteiger partial charge < -0.3 is 9.64 Å². The van der Waals surface area contributed by atoms with Crippen molar-refractivity contribution in [3.05, 3.63) is 70.3 Å². The van der Waals surface area contributed by atoms with Gasteiger partial charge in [-0.3, -0.25) is 4.79 Å². The zero-order chi connectivity index (χ0) is 19.5. The SMILES string of the molecule is COc1ccccc1-c1csc([C@@H]2CCCN(C(=O)c3ccc(F)cc3)C2)n1. The molecule has 1 aliphatic rings. The fourth-order valence-electron chi connectivity index (χ4n) is 3.59. The number of benzene rings is 2. The predicted octanol–water partition coefficient (Wildman–Crippen LogP) is 4.98. The van der Waals surface area contributed by atoms with Crippen molar-refractivity contribution in [2.24, 2.45) is 0 Å². The number of carbonyl (C=O) groups is 1. The second-order valence-electron chi connectivity index (χ2n) is 6.87. The number of halogens is 1. The van der Waals surface area contributed by atoms with Gasteiger partial charge in [-0.1, -0.05) is 12.1 Å². The number of amides is 1. The Morgan fingerprint density at radius 3 is 2.79 bits per heavy atom. The fraction of sp³-hybridized carbons (Fsp3) is 0.273. The van der Waals surface area contributed by atoms with Crippen molar-refractivity contribution in [2.45, 2.75) is 18.8 Å². The molecule has 1 aromatic heterocycles. The van der Waals surface area contributed by atoms with Crippen LogP contribution in [0.15, 0.2) is 53.9 Å². The summed E-state index contributed by atoms with van der Waals surface area (Å²) >= 11 is 1.63. The minimum atomic E-state index is -0.334. The van der Waals surface area contributed by atoms with E-state index in [1.807, 2.05) is 34.5 Å². The summed E-state index contributed by atoms with van der Waals surface area (Å²) in [5.74, 6) is 0.633. The molecule has 3 aromatic rings. The van der Waals surface area contributed by atoms with Crippen LogP contribution in [0.25, 0.3) is 11.3 Å². The van der Waals surface area contributed by atoms with Gasteiger partial charge in [0, 0.05) is 35.5 Å². The molecular weight excluding hydrogens is 375 g/mol. The smallest absolute Gasteiger partial charge is 0.253 e. The fourth-order valence-corrected chi connectivity index (χ4v) is 4.54. The monoisotopic (exact) mass is 396 g/mol. The number of piperidine rings is 1. The van der Waals surface area contributed by atoms with Crippen molar-refractivity contribution >= 4 is 17.2 Å². The maximum Gasteiger partial charge on any atom is 0.253 e. The van der Waals surface area contributed by atoms with E-state index in [1.165, 1.54) is 12.1 Å². The van der Waals surface area contributed by atoms with E-state index in [2.05, 4.69) is 0 Å². The molecule has 144 valence electrons. The van der Waals surface area contributed by atoms with Gasteiger partial charge in [0.25, 0.3) is 5.91 Å². The average molecular weight is 396 g/mol. The summed E-state index contributed by atoms with van der Waals surface area (Å²) in [4.78, 5) is 19.5. The van der Waals surface area contributed by atoms with Gasteiger partial charge in [0.2, 0.25) is 0 Å². The first-order valence-electron chi connectivity index (χ1n) is 9.29. The molecule has 0 radical (unpaired) electrons. The molecular formula is C22H21FN2O2S. The molecule has 0 aliphatic carbocycles. The van der Waals surface area contributed by atoms with Gasteiger partial charge in [-0.2, -0.15) is 0 Å². The lowest BCUT2D eigenvalue weighted by molar-refractivity contribution is 0.0707. The van der Waals surface area contributed by atoms with Crippen LogP contribution in [0.4, 0.5) is 4.39 Å².